The highest BCUT2D eigenvalue weighted by molar-refractivity contribution is 7.91. The van der Waals surface area contributed by atoms with Crippen molar-refractivity contribution in [1.82, 2.24) is 19.6 Å². The van der Waals surface area contributed by atoms with Crippen molar-refractivity contribution in [2.75, 3.05) is 13.7 Å². The first-order valence-electron chi connectivity index (χ1n) is 21.6. The van der Waals surface area contributed by atoms with E-state index in [0.717, 1.165) is 30.2 Å². The van der Waals surface area contributed by atoms with Gasteiger partial charge in [0.2, 0.25) is 21.8 Å². The van der Waals surface area contributed by atoms with Crippen LogP contribution >= 0.6 is 11.3 Å². The first-order chi connectivity index (χ1) is 29.5. The average Bonchev–Trinajstić information content (AvgIpc) is 3.99. The summed E-state index contributed by atoms with van der Waals surface area (Å²) < 4.78 is 69.4. The summed E-state index contributed by atoms with van der Waals surface area (Å²) in [5, 5.41) is 3.42. The Morgan fingerprint density at radius 2 is 1.81 bits per heavy atom. The van der Waals surface area contributed by atoms with Gasteiger partial charge in [-0.1, -0.05) is 38.8 Å². The minimum Gasteiger partial charge on any atom is -0.496 e. The summed E-state index contributed by atoms with van der Waals surface area (Å²) in [4.78, 5) is 55.3. The fourth-order valence-electron chi connectivity index (χ4n) is 9.09. The number of amides is 2. The zero-order valence-electron chi connectivity index (χ0n) is 35.8. The number of nitrogens with zero attached hydrogens (tertiary/aromatic N) is 3. The number of nitrogens with one attached hydrogen (secondary N) is 1. The number of benzene rings is 2. The van der Waals surface area contributed by atoms with Gasteiger partial charge in [-0.25, -0.2) is 27.2 Å². The second kappa shape index (κ2) is 17.1. The number of ether oxygens (including phenoxy) is 2. The van der Waals surface area contributed by atoms with Crippen LogP contribution in [-0.2, 0) is 30.8 Å². The highest BCUT2D eigenvalue weighted by Crippen LogP contribution is 2.58. The van der Waals surface area contributed by atoms with Gasteiger partial charge in [0.25, 0.3) is 0 Å². The van der Waals surface area contributed by atoms with Gasteiger partial charge in [0.15, 0.2) is 5.78 Å². The molecule has 5 atom stereocenters. The number of aromatic nitrogens is 2. The number of halogens is 2. The van der Waals surface area contributed by atoms with Crippen molar-refractivity contribution in [2.45, 2.75) is 121 Å². The lowest BCUT2D eigenvalue weighted by molar-refractivity contribution is -0.142. The number of pyridine rings is 1. The molecule has 11 nitrogen and oxygen atoms in total. The molecule has 4 heterocycles. The van der Waals surface area contributed by atoms with E-state index in [-0.39, 0.29) is 49.3 Å². The number of hydrogen-bond acceptors (Lipinski definition) is 10. The summed E-state index contributed by atoms with van der Waals surface area (Å²) in [6, 6.07) is 7.79. The van der Waals surface area contributed by atoms with Crippen LogP contribution in [-0.4, -0.2) is 71.4 Å². The third-order valence-corrected chi connectivity index (χ3v) is 16.4. The molecule has 0 radical (unpaired) electrons. The van der Waals surface area contributed by atoms with Gasteiger partial charge in [0.1, 0.15) is 39.9 Å². The van der Waals surface area contributed by atoms with E-state index in [2.05, 4.69) is 18.6 Å². The van der Waals surface area contributed by atoms with Gasteiger partial charge >= 0.3 is 0 Å². The summed E-state index contributed by atoms with van der Waals surface area (Å²) in [5.74, 6) is -2.61. The van der Waals surface area contributed by atoms with Crippen LogP contribution in [0, 0.1) is 35.8 Å². The summed E-state index contributed by atoms with van der Waals surface area (Å²) in [6.07, 6.45) is 7.71. The maximum atomic E-state index is 14.9. The normalized spacial score (nSPS) is 25.7. The molecule has 0 spiro atoms. The number of rotatable bonds is 10. The SMILES string of the molecule is COc1ccc2c(O[C@@H]3C[C@H]4C(=O)C[C@]5(C(=O)NS(=O)(=O)C6(C)CC6)C[C@@H]5/C=C\CCCCC[C@H](Cc5cc(F)cc(F)c5)C(=O)N4C3)cc(-c3nc(C(C)C)cs3)nc2c1C. The number of Topliss-reactive ketones (excluding diaryl/α,β-unsaturated/α-hetero) is 1. The Labute approximate surface area is 365 Å². The third-order valence-electron chi connectivity index (χ3n) is 13.4. The van der Waals surface area contributed by atoms with Crippen LogP contribution in [0.5, 0.6) is 11.5 Å². The summed E-state index contributed by atoms with van der Waals surface area (Å²) in [7, 11) is -2.39. The summed E-state index contributed by atoms with van der Waals surface area (Å²) >= 11 is 1.48. The van der Waals surface area contributed by atoms with Gasteiger partial charge in [-0.2, -0.15) is 0 Å². The molecule has 62 heavy (non-hydrogen) atoms. The number of aryl methyl sites for hydroxylation is 1. The molecule has 2 aromatic carbocycles. The van der Waals surface area contributed by atoms with E-state index in [4.69, 9.17) is 19.4 Å². The van der Waals surface area contributed by atoms with Crippen molar-refractivity contribution >= 4 is 49.9 Å². The second-order valence-electron chi connectivity index (χ2n) is 18.2. The minimum atomic E-state index is -3.98. The van der Waals surface area contributed by atoms with Gasteiger partial charge in [-0.05, 0) is 100 Å². The van der Waals surface area contributed by atoms with Gasteiger partial charge in [-0.15, -0.1) is 11.3 Å². The molecule has 2 aromatic heterocycles. The summed E-state index contributed by atoms with van der Waals surface area (Å²) in [6.45, 7) is 7.69. The van der Waals surface area contributed by atoms with Crippen molar-refractivity contribution in [3.05, 3.63) is 82.4 Å². The smallest absolute Gasteiger partial charge is 0.240 e. The maximum Gasteiger partial charge on any atom is 0.240 e. The van der Waals surface area contributed by atoms with Gasteiger partial charge < -0.3 is 14.4 Å². The quantitative estimate of drug-likeness (QED) is 0.155. The largest absolute Gasteiger partial charge is 0.496 e. The van der Waals surface area contributed by atoms with Gasteiger partial charge in [0, 0.05) is 47.2 Å². The molecule has 8 rings (SSSR count). The van der Waals surface area contributed by atoms with E-state index in [1.807, 2.05) is 42.7 Å². The van der Waals surface area contributed by atoms with Gasteiger partial charge in [0.05, 0.1) is 41.1 Å². The van der Waals surface area contributed by atoms with E-state index < -0.39 is 55.8 Å². The van der Waals surface area contributed by atoms with Crippen LogP contribution in [0.4, 0.5) is 8.78 Å². The molecule has 2 amide bonds. The highest BCUT2D eigenvalue weighted by Gasteiger charge is 2.62. The number of carbonyl (C=O) groups excluding carboxylic acids is 3. The fourth-order valence-corrected chi connectivity index (χ4v) is 11.4. The van der Waals surface area contributed by atoms with Crippen molar-refractivity contribution in [1.29, 1.82) is 0 Å². The highest BCUT2D eigenvalue weighted by atomic mass is 32.2. The van der Waals surface area contributed by atoms with Crippen molar-refractivity contribution in [3.8, 4) is 22.2 Å². The zero-order valence-corrected chi connectivity index (χ0v) is 37.5. The van der Waals surface area contributed by atoms with E-state index in [0.29, 0.717) is 77.2 Å². The van der Waals surface area contributed by atoms with Crippen LogP contribution in [0.2, 0.25) is 0 Å². The molecular weight excluding hydrogens is 835 g/mol. The number of ketones is 1. The molecule has 2 aliphatic carbocycles. The Hall–Kier alpha value is -4.76. The zero-order chi connectivity index (χ0) is 44.1. The first-order valence-corrected chi connectivity index (χ1v) is 24.0. The average molecular weight is 889 g/mol. The fraction of sp³-hybridized carbons (Fsp3) is 0.511. The van der Waals surface area contributed by atoms with Crippen LogP contribution in [0.25, 0.3) is 21.6 Å². The Morgan fingerprint density at radius 1 is 1.05 bits per heavy atom. The number of allylic oxidation sites excluding steroid dienone is 2. The Balaban J connectivity index is 1.16. The molecule has 0 bridgehead atoms. The molecule has 3 fully saturated rings. The molecule has 2 aliphatic heterocycles. The predicted molar refractivity (Wildman–Crippen MR) is 233 cm³/mol. The lowest BCUT2D eigenvalue weighted by Gasteiger charge is -2.29. The number of thiazole rings is 1. The molecule has 4 aromatic rings. The Morgan fingerprint density at radius 3 is 2.50 bits per heavy atom. The van der Waals surface area contributed by atoms with Crippen LogP contribution in [0.3, 0.4) is 0 Å². The molecular formula is C47H54F2N4O7S2. The number of fused-ring (bicyclic) bond motifs is 3. The van der Waals surface area contributed by atoms with Gasteiger partial charge in [-0.3, -0.25) is 19.1 Å². The van der Waals surface area contributed by atoms with Crippen LogP contribution < -0.4 is 14.2 Å². The first kappa shape index (κ1) is 43.9. The standard InChI is InChI=1S/C47H54F2N4O7S2/c1-27(2)37-26-61-43(51-37)36-22-41(35-13-14-40(59-5)28(3)42(35)50-36)60-34-21-38-39(54)24-47(45(56)52-62(57,58)46(4)15-16-46)23-31(47)12-10-8-6-7-9-11-30(44(55)53(38)25-34)17-29-18-32(48)20-33(49)19-29/h10,12-14,18-20,22,26-27,30-31,34,38H,6-9,11,15-17,21,23-25H2,1-5H3,(H,52,56)/b12-10-/t30-,31+,34-,38+,47-/m1/s1. The minimum absolute atomic E-state index is 0.0293. The van der Waals surface area contributed by atoms with E-state index >= 15 is 0 Å². The Bertz CT molecular complexity index is 2540. The Kier molecular flexibility index (Phi) is 12.1. The molecule has 15 heteroatoms. The van der Waals surface area contributed by atoms with Crippen molar-refractivity contribution < 1.29 is 41.1 Å². The molecule has 330 valence electrons. The lowest BCUT2D eigenvalue weighted by atomic mass is 9.90. The number of hydrogen-bond donors (Lipinski definition) is 1. The van der Waals surface area contributed by atoms with Crippen molar-refractivity contribution in [3.63, 3.8) is 0 Å². The lowest BCUT2D eigenvalue weighted by Crippen LogP contribution is -2.47. The predicted octanol–water partition coefficient (Wildman–Crippen LogP) is 8.77. The van der Waals surface area contributed by atoms with E-state index in [9.17, 15) is 31.6 Å². The third kappa shape index (κ3) is 8.76. The molecule has 1 N–H and O–H groups in total. The van der Waals surface area contributed by atoms with E-state index in [1.165, 1.54) is 28.4 Å². The van der Waals surface area contributed by atoms with E-state index in [1.54, 1.807) is 14.0 Å². The molecule has 0 unspecified atom stereocenters. The number of carbonyl (C=O) groups is 3. The molecule has 2 saturated carbocycles. The maximum absolute atomic E-state index is 14.9. The van der Waals surface area contributed by atoms with Crippen LogP contribution in [0.15, 0.2) is 53.9 Å². The monoisotopic (exact) mass is 888 g/mol. The van der Waals surface area contributed by atoms with Crippen molar-refractivity contribution in [2.24, 2.45) is 17.3 Å². The second-order valence-corrected chi connectivity index (χ2v) is 21.3. The molecule has 4 aliphatic rings. The molecule has 1 saturated heterocycles. The van der Waals surface area contributed by atoms with Crippen LogP contribution in [0.1, 0.15) is 108 Å². The number of methoxy groups -OCH3 is 1. The topological polar surface area (TPSA) is 145 Å². The number of sulfonamides is 1. The summed E-state index contributed by atoms with van der Waals surface area (Å²) in [5.41, 5.74) is 2.02.